The summed E-state index contributed by atoms with van der Waals surface area (Å²) >= 11 is 0. The molecule has 3 nitrogen and oxygen atoms in total. The van der Waals surface area contributed by atoms with E-state index in [1.807, 2.05) is 0 Å². The molecule has 0 bridgehead atoms. The van der Waals surface area contributed by atoms with Crippen molar-refractivity contribution in [3.05, 3.63) is 41.5 Å². The average Bonchev–Trinajstić information content (AvgIpc) is 2.75. The molecule has 0 saturated carbocycles. The van der Waals surface area contributed by atoms with Gasteiger partial charge in [0.15, 0.2) is 0 Å². The predicted octanol–water partition coefficient (Wildman–Crippen LogP) is 2.77. The van der Waals surface area contributed by atoms with Gasteiger partial charge in [0.2, 0.25) is 0 Å². The van der Waals surface area contributed by atoms with Gasteiger partial charge in [-0.3, -0.25) is 0 Å². The summed E-state index contributed by atoms with van der Waals surface area (Å²) in [5.41, 5.74) is -0.547. The van der Waals surface area contributed by atoms with E-state index in [1.165, 1.54) is 12.1 Å². The molecule has 0 aliphatic carbocycles. The summed E-state index contributed by atoms with van der Waals surface area (Å²) in [7, 11) is 0. The summed E-state index contributed by atoms with van der Waals surface area (Å²) < 4.78 is 43.9. The highest BCUT2D eigenvalue weighted by Crippen LogP contribution is 2.43. The van der Waals surface area contributed by atoms with Crippen LogP contribution in [0.1, 0.15) is 24.0 Å². The van der Waals surface area contributed by atoms with Crippen molar-refractivity contribution >= 4 is 11.5 Å². The molecule has 0 unspecified atom stereocenters. The quantitative estimate of drug-likeness (QED) is 0.810. The van der Waals surface area contributed by atoms with Crippen molar-refractivity contribution in [3.63, 3.8) is 0 Å². The first-order valence-corrected chi connectivity index (χ1v) is 6.74. The molecule has 0 atom stereocenters. The number of carbonyl (C=O) groups excluding carboxylic acids is 1. The van der Waals surface area contributed by atoms with E-state index in [1.54, 1.807) is 6.07 Å². The summed E-state index contributed by atoms with van der Waals surface area (Å²) in [4.78, 5) is 11.6. The number of hydrogen-bond donors (Lipinski definition) is 1. The van der Waals surface area contributed by atoms with Crippen LogP contribution in [0.5, 0.6) is 0 Å². The fraction of sp³-hybridized carbons (Fsp3) is 0.400. The molecule has 1 spiro atoms. The molecule has 1 fully saturated rings. The van der Waals surface area contributed by atoms with E-state index in [4.69, 9.17) is 4.74 Å². The van der Waals surface area contributed by atoms with Crippen LogP contribution in [0.3, 0.4) is 0 Å². The molecule has 2 aliphatic rings. The molecule has 0 radical (unpaired) electrons. The van der Waals surface area contributed by atoms with Crippen LogP contribution < -0.4 is 5.32 Å². The van der Waals surface area contributed by atoms with E-state index < -0.39 is 23.3 Å². The lowest BCUT2D eigenvalue weighted by atomic mass is 9.81. The molecule has 3 rings (SSSR count). The Morgan fingerprint density at radius 3 is 2.57 bits per heavy atom. The van der Waals surface area contributed by atoms with Crippen molar-refractivity contribution in [2.75, 3.05) is 13.1 Å². The zero-order valence-corrected chi connectivity index (χ0v) is 11.2. The summed E-state index contributed by atoms with van der Waals surface area (Å²) in [6.07, 6.45) is -1.94. The molecule has 1 N–H and O–H groups in total. The van der Waals surface area contributed by atoms with Crippen LogP contribution in [-0.4, -0.2) is 24.7 Å². The highest BCUT2D eigenvalue weighted by atomic mass is 19.4. The van der Waals surface area contributed by atoms with E-state index >= 15 is 0 Å². The van der Waals surface area contributed by atoms with Gasteiger partial charge in [0.25, 0.3) is 0 Å². The lowest BCUT2D eigenvalue weighted by molar-refractivity contribution is -0.146. The molecule has 1 aromatic rings. The van der Waals surface area contributed by atoms with Crippen molar-refractivity contribution in [2.24, 2.45) is 0 Å². The molecule has 2 aliphatic heterocycles. The van der Waals surface area contributed by atoms with Gasteiger partial charge in [-0.15, -0.1) is 0 Å². The maximum Gasteiger partial charge on any atom is 0.416 e. The lowest BCUT2D eigenvalue weighted by Gasteiger charge is -2.35. The fourth-order valence-corrected chi connectivity index (χ4v) is 2.94. The van der Waals surface area contributed by atoms with E-state index in [0.29, 0.717) is 37.1 Å². The Balaban J connectivity index is 2.02. The zero-order chi connectivity index (χ0) is 15.1. The number of piperidine rings is 1. The largest absolute Gasteiger partial charge is 0.451 e. The lowest BCUT2D eigenvalue weighted by Crippen LogP contribution is -2.43. The minimum Gasteiger partial charge on any atom is -0.451 e. The fourth-order valence-electron chi connectivity index (χ4n) is 2.94. The Morgan fingerprint density at radius 2 is 1.90 bits per heavy atom. The minimum absolute atomic E-state index is 0.401. The average molecular weight is 297 g/mol. The smallest absolute Gasteiger partial charge is 0.416 e. The number of benzene rings is 1. The second kappa shape index (κ2) is 4.87. The minimum atomic E-state index is -4.40. The molecular formula is C15H14F3NO2. The van der Waals surface area contributed by atoms with Gasteiger partial charge < -0.3 is 10.1 Å². The Hall–Kier alpha value is -1.82. The highest BCUT2D eigenvalue weighted by molar-refractivity contribution is 5.99. The van der Waals surface area contributed by atoms with Crippen molar-refractivity contribution in [1.29, 1.82) is 0 Å². The van der Waals surface area contributed by atoms with Gasteiger partial charge in [0, 0.05) is 24.5 Å². The van der Waals surface area contributed by atoms with Crippen LogP contribution >= 0.6 is 0 Å². The number of hydrogen-bond acceptors (Lipinski definition) is 3. The standard InChI is InChI=1S/C15H14F3NO2/c16-15(17,18)11-3-1-2-10(8-11)12-9-13(20)21-14(12)4-6-19-7-5-14/h1-3,8-9,19H,4-7H2. The third kappa shape index (κ3) is 2.55. The molecular weight excluding hydrogens is 283 g/mol. The summed E-state index contributed by atoms with van der Waals surface area (Å²) in [6.45, 7) is 1.34. The molecule has 21 heavy (non-hydrogen) atoms. The van der Waals surface area contributed by atoms with Crippen molar-refractivity contribution in [2.45, 2.75) is 24.6 Å². The van der Waals surface area contributed by atoms with Crippen LogP contribution in [0.15, 0.2) is 30.3 Å². The van der Waals surface area contributed by atoms with Crippen LogP contribution in [-0.2, 0) is 15.7 Å². The topological polar surface area (TPSA) is 38.3 Å². The van der Waals surface area contributed by atoms with Crippen molar-refractivity contribution in [3.8, 4) is 0 Å². The van der Waals surface area contributed by atoms with E-state index in [-0.39, 0.29) is 0 Å². The van der Waals surface area contributed by atoms with Gasteiger partial charge in [-0.2, -0.15) is 13.2 Å². The molecule has 6 heteroatoms. The molecule has 1 aromatic carbocycles. The first kappa shape index (κ1) is 14.1. The maximum absolute atomic E-state index is 12.8. The van der Waals surface area contributed by atoms with E-state index in [9.17, 15) is 18.0 Å². The van der Waals surface area contributed by atoms with Gasteiger partial charge in [-0.1, -0.05) is 12.1 Å². The number of nitrogens with one attached hydrogen (secondary N) is 1. The maximum atomic E-state index is 12.8. The second-order valence-electron chi connectivity index (χ2n) is 5.30. The number of carbonyl (C=O) groups is 1. The number of alkyl halides is 3. The number of halogens is 3. The van der Waals surface area contributed by atoms with Crippen molar-refractivity contribution < 1.29 is 22.7 Å². The monoisotopic (exact) mass is 297 g/mol. The van der Waals surface area contributed by atoms with E-state index in [0.717, 1.165) is 12.1 Å². The SMILES string of the molecule is O=C1C=C(c2cccc(C(F)(F)F)c2)C2(CCNCC2)O1. The third-order valence-corrected chi connectivity index (χ3v) is 3.96. The Kier molecular flexibility index (Phi) is 3.28. The molecule has 112 valence electrons. The number of ether oxygens (including phenoxy) is 1. The Morgan fingerprint density at radius 1 is 1.19 bits per heavy atom. The zero-order valence-electron chi connectivity index (χ0n) is 11.2. The van der Waals surface area contributed by atoms with Crippen molar-refractivity contribution in [1.82, 2.24) is 5.32 Å². The molecule has 0 amide bonds. The first-order chi connectivity index (χ1) is 9.91. The Labute approximate surface area is 119 Å². The van der Waals surface area contributed by atoms with Gasteiger partial charge in [0.1, 0.15) is 5.60 Å². The van der Waals surface area contributed by atoms with Crippen LogP contribution in [0.2, 0.25) is 0 Å². The van der Waals surface area contributed by atoms with E-state index in [2.05, 4.69) is 5.32 Å². The van der Waals surface area contributed by atoms with Crippen LogP contribution in [0.4, 0.5) is 13.2 Å². The summed E-state index contributed by atoms with van der Waals surface area (Å²) in [5, 5.41) is 3.16. The van der Waals surface area contributed by atoms with Crippen LogP contribution in [0.25, 0.3) is 5.57 Å². The summed E-state index contributed by atoms with van der Waals surface area (Å²) in [6, 6.07) is 5.05. The van der Waals surface area contributed by atoms with Gasteiger partial charge in [0.05, 0.1) is 5.56 Å². The second-order valence-corrected chi connectivity index (χ2v) is 5.30. The highest BCUT2D eigenvalue weighted by Gasteiger charge is 2.44. The normalized spacial score (nSPS) is 21.3. The van der Waals surface area contributed by atoms with Gasteiger partial charge in [-0.05, 0) is 30.8 Å². The van der Waals surface area contributed by atoms with Crippen LogP contribution in [0, 0.1) is 0 Å². The number of esters is 1. The Bertz CT molecular complexity index is 601. The molecule has 0 aromatic heterocycles. The summed E-state index contributed by atoms with van der Waals surface area (Å²) in [5.74, 6) is -0.482. The van der Waals surface area contributed by atoms with Gasteiger partial charge in [-0.25, -0.2) is 4.79 Å². The third-order valence-electron chi connectivity index (χ3n) is 3.96. The first-order valence-electron chi connectivity index (χ1n) is 6.74. The number of rotatable bonds is 1. The molecule has 2 heterocycles. The predicted molar refractivity (Wildman–Crippen MR) is 70.3 cm³/mol. The van der Waals surface area contributed by atoms with Gasteiger partial charge >= 0.3 is 12.1 Å². The molecule has 1 saturated heterocycles.